The monoisotopic (exact) mass is 299 g/mol. The Balaban J connectivity index is 1.80. The standard InChI is InChI=1S/C16H17N3O3/c1-9-18-13-7-6-10(8-14(13)22-9)16(21)19-12-5-3-2-4-11(12)15(17)20/h2-3,6-8,11-12H,4-5H2,1H3,(H2,17,20)(H,19,21)/t11-,12-/m1/s1. The summed E-state index contributed by atoms with van der Waals surface area (Å²) in [6.45, 7) is 1.76. The first-order valence-electron chi connectivity index (χ1n) is 7.17. The van der Waals surface area contributed by atoms with Crippen molar-refractivity contribution in [1.29, 1.82) is 0 Å². The molecule has 22 heavy (non-hydrogen) atoms. The first-order chi connectivity index (χ1) is 10.5. The third-order valence-corrected chi connectivity index (χ3v) is 3.87. The van der Waals surface area contributed by atoms with Gasteiger partial charge < -0.3 is 15.5 Å². The molecule has 3 N–H and O–H groups in total. The number of aryl methyl sites for hydroxylation is 1. The highest BCUT2D eigenvalue weighted by atomic mass is 16.3. The molecule has 1 aliphatic carbocycles. The van der Waals surface area contributed by atoms with Crippen molar-refractivity contribution in [2.45, 2.75) is 25.8 Å². The highest BCUT2D eigenvalue weighted by molar-refractivity contribution is 5.97. The number of primary amides is 1. The van der Waals surface area contributed by atoms with E-state index in [0.29, 0.717) is 35.4 Å². The fourth-order valence-electron chi connectivity index (χ4n) is 2.72. The number of oxazole rings is 1. The van der Waals surface area contributed by atoms with E-state index in [9.17, 15) is 9.59 Å². The molecule has 0 spiro atoms. The Morgan fingerprint density at radius 1 is 1.32 bits per heavy atom. The van der Waals surface area contributed by atoms with Crippen molar-refractivity contribution in [3.05, 3.63) is 41.8 Å². The van der Waals surface area contributed by atoms with Gasteiger partial charge in [0.2, 0.25) is 5.91 Å². The fraction of sp³-hybridized carbons (Fsp3) is 0.312. The summed E-state index contributed by atoms with van der Waals surface area (Å²) >= 11 is 0. The number of rotatable bonds is 3. The quantitative estimate of drug-likeness (QED) is 0.842. The van der Waals surface area contributed by atoms with Crippen molar-refractivity contribution in [2.24, 2.45) is 11.7 Å². The highest BCUT2D eigenvalue weighted by Crippen LogP contribution is 2.21. The largest absolute Gasteiger partial charge is 0.441 e. The number of nitrogens with two attached hydrogens (primary N) is 1. The second-order valence-electron chi connectivity index (χ2n) is 5.45. The van der Waals surface area contributed by atoms with E-state index in [1.54, 1.807) is 25.1 Å². The summed E-state index contributed by atoms with van der Waals surface area (Å²) in [7, 11) is 0. The maximum absolute atomic E-state index is 12.4. The van der Waals surface area contributed by atoms with Crippen LogP contribution in [0.3, 0.4) is 0 Å². The number of hydrogen-bond acceptors (Lipinski definition) is 4. The number of amides is 2. The van der Waals surface area contributed by atoms with E-state index in [1.165, 1.54) is 0 Å². The molecule has 0 saturated heterocycles. The lowest BCUT2D eigenvalue weighted by Crippen LogP contribution is -2.46. The van der Waals surface area contributed by atoms with Crippen LogP contribution in [0.15, 0.2) is 34.8 Å². The molecule has 1 aliphatic rings. The van der Waals surface area contributed by atoms with Crippen LogP contribution in [0.1, 0.15) is 29.1 Å². The summed E-state index contributed by atoms with van der Waals surface area (Å²) in [6, 6.07) is 4.81. The number of nitrogens with zero attached hydrogens (tertiary/aromatic N) is 1. The first-order valence-corrected chi connectivity index (χ1v) is 7.17. The van der Waals surface area contributed by atoms with Gasteiger partial charge in [-0.1, -0.05) is 12.2 Å². The van der Waals surface area contributed by atoms with Gasteiger partial charge in [-0.05, 0) is 31.0 Å². The molecule has 6 heteroatoms. The summed E-state index contributed by atoms with van der Waals surface area (Å²) in [5, 5.41) is 2.88. The highest BCUT2D eigenvalue weighted by Gasteiger charge is 2.28. The molecule has 1 aromatic carbocycles. The van der Waals surface area contributed by atoms with E-state index in [-0.39, 0.29) is 17.9 Å². The van der Waals surface area contributed by atoms with Crippen molar-refractivity contribution < 1.29 is 14.0 Å². The van der Waals surface area contributed by atoms with Crippen molar-refractivity contribution in [1.82, 2.24) is 10.3 Å². The van der Waals surface area contributed by atoms with E-state index in [2.05, 4.69) is 10.3 Å². The van der Waals surface area contributed by atoms with Crippen LogP contribution in [0.2, 0.25) is 0 Å². The molecule has 2 amide bonds. The molecule has 1 heterocycles. The molecule has 0 unspecified atom stereocenters. The topological polar surface area (TPSA) is 98.2 Å². The average molecular weight is 299 g/mol. The van der Waals surface area contributed by atoms with E-state index in [1.807, 2.05) is 12.2 Å². The molecule has 0 aliphatic heterocycles. The Hall–Kier alpha value is -2.63. The zero-order valence-corrected chi connectivity index (χ0v) is 12.2. The van der Waals surface area contributed by atoms with Crippen LogP contribution in [0.25, 0.3) is 11.1 Å². The van der Waals surface area contributed by atoms with E-state index >= 15 is 0 Å². The number of carbonyl (C=O) groups excluding carboxylic acids is 2. The summed E-state index contributed by atoms with van der Waals surface area (Å²) in [6.07, 6.45) is 5.03. The van der Waals surface area contributed by atoms with Gasteiger partial charge >= 0.3 is 0 Å². The Labute approximate surface area is 127 Å². The van der Waals surface area contributed by atoms with Gasteiger partial charge in [-0.2, -0.15) is 0 Å². The smallest absolute Gasteiger partial charge is 0.251 e. The first kappa shape index (κ1) is 14.3. The van der Waals surface area contributed by atoms with Crippen LogP contribution >= 0.6 is 0 Å². The average Bonchev–Trinajstić information content (AvgIpc) is 2.86. The number of hydrogen-bond donors (Lipinski definition) is 2. The normalized spacial score (nSPS) is 21.0. The van der Waals surface area contributed by atoms with Crippen LogP contribution in [0.4, 0.5) is 0 Å². The molecule has 0 saturated carbocycles. The molecule has 1 aromatic heterocycles. The molecular formula is C16H17N3O3. The molecule has 0 bridgehead atoms. The van der Waals surface area contributed by atoms with Gasteiger partial charge in [0, 0.05) is 18.5 Å². The maximum Gasteiger partial charge on any atom is 0.251 e. The number of nitrogens with one attached hydrogen (secondary N) is 1. The number of allylic oxidation sites excluding steroid dienone is 1. The molecule has 2 aromatic rings. The summed E-state index contributed by atoms with van der Waals surface area (Å²) in [5.74, 6) is -0.456. The van der Waals surface area contributed by atoms with Gasteiger partial charge in [0.1, 0.15) is 5.52 Å². The number of aromatic nitrogens is 1. The molecule has 6 nitrogen and oxygen atoms in total. The number of fused-ring (bicyclic) bond motifs is 1. The lowest BCUT2D eigenvalue weighted by Gasteiger charge is -2.26. The Morgan fingerprint density at radius 3 is 2.86 bits per heavy atom. The second kappa shape index (κ2) is 5.63. The van der Waals surface area contributed by atoms with Crippen LogP contribution in [0.5, 0.6) is 0 Å². The minimum atomic E-state index is -0.393. The van der Waals surface area contributed by atoms with Gasteiger partial charge in [0.25, 0.3) is 5.91 Å². The Bertz CT molecular complexity index is 763. The van der Waals surface area contributed by atoms with Crippen LogP contribution in [-0.4, -0.2) is 22.8 Å². The van der Waals surface area contributed by atoms with Crippen LogP contribution in [-0.2, 0) is 4.79 Å². The summed E-state index contributed by atoms with van der Waals surface area (Å²) in [4.78, 5) is 28.1. The van der Waals surface area contributed by atoms with Gasteiger partial charge in [-0.3, -0.25) is 9.59 Å². The van der Waals surface area contributed by atoms with Crippen molar-refractivity contribution in [3.63, 3.8) is 0 Å². The molecular weight excluding hydrogens is 282 g/mol. The predicted molar refractivity (Wildman–Crippen MR) is 81.1 cm³/mol. The van der Waals surface area contributed by atoms with Gasteiger partial charge in [-0.25, -0.2) is 4.98 Å². The lowest BCUT2D eigenvalue weighted by atomic mass is 9.88. The van der Waals surface area contributed by atoms with Gasteiger partial charge in [0.05, 0.1) is 5.92 Å². The maximum atomic E-state index is 12.4. The van der Waals surface area contributed by atoms with E-state index < -0.39 is 5.91 Å². The van der Waals surface area contributed by atoms with Crippen molar-refractivity contribution >= 4 is 22.9 Å². The van der Waals surface area contributed by atoms with Crippen molar-refractivity contribution in [3.8, 4) is 0 Å². The minimum Gasteiger partial charge on any atom is -0.441 e. The zero-order valence-electron chi connectivity index (χ0n) is 12.2. The van der Waals surface area contributed by atoms with E-state index in [4.69, 9.17) is 10.2 Å². The summed E-state index contributed by atoms with van der Waals surface area (Å²) in [5.41, 5.74) is 7.16. The van der Waals surface area contributed by atoms with E-state index in [0.717, 1.165) is 0 Å². The molecule has 0 fully saturated rings. The predicted octanol–water partition coefficient (Wildman–Crippen LogP) is 1.69. The van der Waals surface area contributed by atoms with Crippen LogP contribution in [0, 0.1) is 12.8 Å². The lowest BCUT2D eigenvalue weighted by molar-refractivity contribution is -0.122. The van der Waals surface area contributed by atoms with Gasteiger partial charge in [-0.15, -0.1) is 0 Å². The number of carbonyl (C=O) groups is 2. The van der Waals surface area contributed by atoms with Gasteiger partial charge in [0.15, 0.2) is 11.5 Å². The Kier molecular flexibility index (Phi) is 3.66. The Morgan fingerprint density at radius 2 is 2.09 bits per heavy atom. The molecule has 114 valence electrons. The minimum absolute atomic E-state index is 0.248. The third kappa shape index (κ3) is 2.72. The second-order valence-corrected chi connectivity index (χ2v) is 5.45. The summed E-state index contributed by atoms with van der Waals surface area (Å²) < 4.78 is 5.43. The SMILES string of the molecule is Cc1nc2ccc(C(=O)N[C@@H]3CC=CC[C@H]3C(N)=O)cc2o1. The third-order valence-electron chi connectivity index (χ3n) is 3.87. The van der Waals surface area contributed by atoms with Crippen LogP contribution < -0.4 is 11.1 Å². The molecule has 0 radical (unpaired) electrons. The number of benzene rings is 1. The molecule has 2 atom stereocenters. The fourth-order valence-corrected chi connectivity index (χ4v) is 2.72. The molecule has 3 rings (SSSR count). The zero-order chi connectivity index (χ0) is 15.7. The van der Waals surface area contributed by atoms with Crippen molar-refractivity contribution in [2.75, 3.05) is 0 Å².